The average Bonchev–Trinajstić information content (AvgIpc) is 2.36. The summed E-state index contributed by atoms with van der Waals surface area (Å²) in [5, 5.41) is 0. The van der Waals surface area contributed by atoms with Gasteiger partial charge in [-0.05, 0) is 12.5 Å². The second-order valence-corrected chi connectivity index (χ2v) is 11.6. The van der Waals surface area contributed by atoms with E-state index in [1.165, 1.54) is 4.57 Å². The van der Waals surface area contributed by atoms with Crippen molar-refractivity contribution in [2.75, 3.05) is 12.3 Å². The van der Waals surface area contributed by atoms with Crippen LogP contribution < -0.4 is 11.3 Å². The molecule has 0 fully saturated rings. The molecule has 20 heavy (non-hydrogen) atoms. The topological polar surface area (TPSA) is 87.2 Å². The summed E-state index contributed by atoms with van der Waals surface area (Å²) in [6, 6.07) is 1.04. The third kappa shape index (κ3) is 5.66. The van der Waals surface area contributed by atoms with Crippen molar-refractivity contribution in [3.63, 3.8) is 0 Å². The van der Waals surface area contributed by atoms with Crippen molar-refractivity contribution in [2.24, 2.45) is 0 Å². The van der Waals surface area contributed by atoms with Crippen LogP contribution in [-0.4, -0.2) is 30.5 Å². The molecule has 6 nitrogen and oxygen atoms in total. The van der Waals surface area contributed by atoms with Crippen molar-refractivity contribution < 1.29 is 9.53 Å². The van der Waals surface area contributed by atoms with Gasteiger partial charge in [-0.3, -0.25) is 9.36 Å². The van der Waals surface area contributed by atoms with Crippen molar-refractivity contribution >= 4 is 20.2 Å². The molecule has 0 aliphatic heterocycles. The lowest BCUT2D eigenvalue weighted by molar-refractivity contribution is -0.107. The largest absolute Gasteiger partial charge is 0.379 e. The van der Waals surface area contributed by atoms with Gasteiger partial charge in [-0.25, -0.2) is 4.98 Å². The van der Waals surface area contributed by atoms with Crippen LogP contribution in [0.5, 0.6) is 0 Å². The van der Waals surface area contributed by atoms with Crippen LogP contribution in [0.15, 0.2) is 11.0 Å². The molecule has 2 N–H and O–H groups in total. The van der Waals surface area contributed by atoms with E-state index in [0.717, 1.165) is 12.3 Å². The summed E-state index contributed by atoms with van der Waals surface area (Å²) in [5.74, 6) is -0.0535. The van der Waals surface area contributed by atoms with Crippen molar-refractivity contribution in [1.29, 1.82) is 0 Å². The maximum absolute atomic E-state index is 11.8. The Morgan fingerprint density at radius 1 is 1.45 bits per heavy atom. The number of nitrogens with two attached hydrogens (primary N) is 1. The number of aldehydes is 1. The Morgan fingerprint density at radius 2 is 2.15 bits per heavy atom. The second-order valence-electron chi connectivity index (χ2n) is 5.95. The van der Waals surface area contributed by atoms with Crippen LogP contribution in [0.1, 0.15) is 12.1 Å². The Morgan fingerprint density at radius 3 is 2.75 bits per heavy atom. The quantitative estimate of drug-likeness (QED) is 0.443. The maximum Gasteiger partial charge on any atom is 0.294 e. The molecule has 0 saturated heterocycles. The van der Waals surface area contributed by atoms with E-state index in [9.17, 15) is 9.59 Å². The van der Waals surface area contributed by atoms with Crippen LogP contribution >= 0.6 is 0 Å². The minimum Gasteiger partial charge on any atom is -0.379 e. The molecule has 0 amide bonds. The molecular formula is C13H23N3O3Si. The first-order valence-electron chi connectivity index (χ1n) is 6.71. The number of nitrogen functional groups attached to an aromatic ring is 1. The minimum absolute atomic E-state index is 0.0535. The van der Waals surface area contributed by atoms with Gasteiger partial charge in [-0.2, -0.15) is 0 Å². The lowest BCUT2D eigenvalue weighted by Crippen LogP contribution is -2.27. The third-order valence-corrected chi connectivity index (χ3v) is 4.50. The molecule has 0 radical (unpaired) electrons. The first kappa shape index (κ1) is 16.6. The monoisotopic (exact) mass is 297 g/mol. The predicted octanol–water partition coefficient (Wildman–Crippen LogP) is 1.27. The number of anilines is 1. The summed E-state index contributed by atoms with van der Waals surface area (Å²) in [6.45, 7) is 7.61. The van der Waals surface area contributed by atoms with E-state index in [1.54, 1.807) is 6.20 Å². The fourth-order valence-corrected chi connectivity index (χ4v) is 2.34. The van der Waals surface area contributed by atoms with E-state index in [0.29, 0.717) is 25.1 Å². The molecule has 0 atom stereocenters. The number of hydrogen-bond acceptors (Lipinski definition) is 5. The van der Waals surface area contributed by atoms with E-state index in [2.05, 4.69) is 24.6 Å². The van der Waals surface area contributed by atoms with Crippen LogP contribution in [0, 0.1) is 0 Å². The van der Waals surface area contributed by atoms with E-state index in [4.69, 9.17) is 10.5 Å². The van der Waals surface area contributed by atoms with Crippen LogP contribution in [0.2, 0.25) is 25.7 Å². The van der Waals surface area contributed by atoms with Gasteiger partial charge in [0, 0.05) is 27.3 Å². The van der Waals surface area contributed by atoms with Crippen molar-refractivity contribution in [3.05, 3.63) is 22.2 Å². The van der Waals surface area contributed by atoms with Gasteiger partial charge in [0.25, 0.3) is 5.56 Å². The molecule has 0 saturated carbocycles. The van der Waals surface area contributed by atoms with Gasteiger partial charge in [0.1, 0.15) is 13.0 Å². The third-order valence-electron chi connectivity index (χ3n) is 2.79. The summed E-state index contributed by atoms with van der Waals surface area (Å²) in [4.78, 5) is 26.2. The SMILES string of the molecule is C[Si](C)(C)CCOCn1cc(CCC=O)nc(N)c1=O. The molecule has 112 valence electrons. The molecule has 1 rings (SSSR count). The smallest absolute Gasteiger partial charge is 0.294 e. The molecule has 1 aromatic rings. The first-order valence-corrected chi connectivity index (χ1v) is 10.4. The van der Waals surface area contributed by atoms with Gasteiger partial charge in [0.2, 0.25) is 0 Å². The van der Waals surface area contributed by atoms with Gasteiger partial charge in [-0.15, -0.1) is 0 Å². The minimum atomic E-state index is -1.14. The number of ether oxygens (including phenoxy) is 1. The highest BCUT2D eigenvalue weighted by Crippen LogP contribution is 2.08. The zero-order chi connectivity index (χ0) is 15.2. The van der Waals surface area contributed by atoms with Crippen molar-refractivity contribution in [1.82, 2.24) is 9.55 Å². The Balaban J connectivity index is 2.66. The summed E-state index contributed by atoms with van der Waals surface area (Å²) in [6.07, 6.45) is 3.26. The number of nitrogens with zero attached hydrogens (tertiary/aromatic N) is 2. The van der Waals surface area contributed by atoms with E-state index >= 15 is 0 Å². The highest BCUT2D eigenvalue weighted by Gasteiger charge is 2.12. The van der Waals surface area contributed by atoms with Gasteiger partial charge < -0.3 is 15.3 Å². The number of hydrogen-bond donors (Lipinski definition) is 1. The number of aryl methyl sites for hydroxylation is 1. The van der Waals surface area contributed by atoms with E-state index < -0.39 is 8.07 Å². The van der Waals surface area contributed by atoms with E-state index in [-0.39, 0.29) is 18.1 Å². The zero-order valence-corrected chi connectivity index (χ0v) is 13.4. The molecular weight excluding hydrogens is 274 g/mol. The normalized spacial score (nSPS) is 11.6. The predicted molar refractivity (Wildman–Crippen MR) is 81.4 cm³/mol. The van der Waals surface area contributed by atoms with Gasteiger partial charge >= 0.3 is 0 Å². The van der Waals surface area contributed by atoms with Crippen LogP contribution in [0.4, 0.5) is 5.82 Å². The fraction of sp³-hybridized carbons (Fsp3) is 0.615. The van der Waals surface area contributed by atoms with Crippen LogP contribution in [-0.2, 0) is 22.7 Å². The Bertz CT molecular complexity index is 509. The summed E-state index contributed by atoms with van der Waals surface area (Å²) in [5.41, 5.74) is 5.86. The molecule has 0 aliphatic rings. The average molecular weight is 297 g/mol. The molecule has 0 aromatic carbocycles. The van der Waals surface area contributed by atoms with Gasteiger partial charge in [-0.1, -0.05) is 19.6 Å². The number of carbonyl (C=O) groups is 1. The molecule has 0 bridgehead atoms. The Labute approximate surface area is 120 Å². The fourth-order valence-electron chi connectivity index (χ4n) is 1.58. The summed E-state index contributed by atoms with van der Waals surface area (Å²) in [7, 11) is -1.14. The van der Waals surface area contributed by atoms with Gasteiger partial charge in [0.15, 0.2) is 5.82 Å². The lowest BCUT2D eigenvalue weighted by atomic mass is 10.2. The second kappa shape index (κ2) is 7.35. The van der Waals surface area contributed by atoms with Crippen LogP contribution in [0.25, 0.3) is 0 Å². The van der Waals surface area contributed by atoms with Crippen LogP contribution in [0.3, 0.4) is 0 Å². The summed E-state index contributed by atoms with van der Waals surface area (Å²) >= 11 is 0. The molecule has 0 unspecified atom stereocenters. The first-order chi connectivity index (χ1) is 9.33. The zero-order valence-electron chi connectivity index (χ0n) is 12.4. The van der Waals surface area contributed by atoms with Crippen molar-refractivity contribution in [2.45, 2.75) is 45.3 Å². The summed E-state index contributed by atoms with van der Waals surface area (Å²) < 4.78 is 6.95. The molecule has 1 aromatic heterocycles. The number of rotatable bonds is 8. The lowest BCUT2D eigenvalue weighted by Gasteiger charge is -2.16. The molecule has 1 heterocycles. The standard InChI is InChI=1S/C13H23N3O3Si/c1-20(2,3)8-7-19-10-16-9-11(5-4-6-17)15-12(14)13(16)18/h6,9H,4-5,7-8,10H2,1-3H3,(H2,14,15). The Hall–Kier alpha value is -1.47. The number of carbonyl (C=O) groups excluding carboxylic acids is 1. The van der Waals surface area contributed by atoms with Crippen molar-refractivity contribution in [3.8, 4) is 0 Å². The number of aromatic nitrogens is 2. The maximum atomic E-state index is 11.8. The Kier molecular flexibility index (Phi) is 6.09. The van der Waals surface area contributed by atoms with Gasteiger partial charge in [0.05, 0.1) is 5.69 Å². The highest BCUT2D eigenvalue weighted by molar-refractivity contribution is 6.76. The molecule has 0 spiro atoms. The molecule has 0 aliphatic carbocycles. The molecule has 7 heteroatoms. The highest BCUT2D eigenvalue weighted by atomic mass is 28.3. The van der Waals surface area contributed by atoms with E-state index in [1.807, 2.05) is 0 Å².